The maximum absolute atomic E-state index is 13.6. The van der Waals surface area contributed by atoms with E-state index in [9.17, 15) is 24.0 Å². The van der Waals surface area contributed by atoms with Crippen LogP contribution in [0.25, 0.3) is 0 Å². The number of fused-ring (bicyclic) bond motifs is 9. The molecule has 0 radical (unpaired) electrons. The van der Waals surface area contributed by atoms with E-state index in [-0.39, 0.29) is 83.4 Å². The molecule has 12 heteroatoms. The summed E-state index contributed by atoms with van der Waals surface area (Å²) in [6, 6.07) is 16.7. The number of H-pyrrole nitrogens is 1. The number of nitrogens with zero attached hydrogens (tertiary/aromatic N) is 1. The molecule has 3 heterocycles. The summed E-state index contributed by atoms with van der Waals surface area (Å²) in [4.78, 5) is 68.0. The van der Waals surface area contributed by atoms with Crippen molar-refractivity contribution in [3.63, 3.8) is 0 Å². The summed E-state index contributed by atoms with van der Waals surface area (Å²) >= 11 is 2.82. The number of hydrogen-bond donors (Lipinski definition) is 3. The van der Waals surface area contributed by atoms with E-state index in [2.05, 4.69) is 10.3 Å². The highest BCUT2D eigenvalue weighted by Crippen LogP contribution is 2.68. The van der Waals surface area contributed by atoms with Gasteiger partial charge in [-0.3, -0.25) is 28.9 Å². The maximum atomic E-state index is 13.6. The normalized spacial score (nSPS) is 28.4. The molecule has 3 N–H and O–H groups in total. The van der Waals surface area contributed by atoms with Gasteiger partial charge in [0.05, 0.1) is 16.9 Å². The van der Waals surface area contributed by atoms with Crippen molar-refractivity contribution in [1.29, 1.82) is 0 Å². The number of carboxylic acids is 1. The van der Waals surface area contributed by atoms with Crippen molar-refractivity contribution in [2.75, 3.05) is 18.5 Å². The number of rotatable bonds is 9. The average Bonchev–Trinajstić information content (AvgIpc) is 3.72. The highest BCUT2D eigenvalue weighted by molar-refractivity contribution is 8.00. The molecule has 0 spiro atoms. The van der Waals surface area contributed by atoms with Crippen molar-refractivity contribution in [2.24, 2.45) is 29.6 Å². The molecule has 222 valence electrons. The van der Waals surface area contributed by atoms with Crippen LogP contribution in [0.15, 0.2) is 64.4 Å². The van der Waals surface area contributed by atoms with Crippen molar-refractivity contribution in [1.82, 2.24) is 9.88 Å². The number of aromatic amines is 1. The number of aliphatic carboxylic acids is 1. The molecule has 1 aromatic heterocycles. The van der Waals surface area contributed by atoms with Crippen LogP contribution in [-0.2, 0) is 19.2 Å². The first-order valence-corrected chi connectivity index (χ1v) is 16.0. The molecule has 6 unspecified atom stereocenters. The highest BCUT2D eigenvalue weighted by Gasteiger charge is 2.69. The van der Waals surface area contributed by atoms with Crippen LogP contribution in [0.1, 0.15) is 35.6 Å². The molecule has 3 amide bonds. The monoisotopic (exact) mass is 619 g/mol. The Morgan fingerprint density at radius 1 is 1.00 bits per heavy atom. The molecule has 43 heavy (non-hydrogen) atoms. The van der Waals surface area contributed by atoms with Gasteiger partial charge in [-0.05, 0) is 60.4 Å². The molecule has 7 rings (SSSR count). The number of imide groups is 1. The number of hydrogen-bond acceptors (Lipinski definition) is 8. The minimum Gasteiger partial charge on any atom is -0.484 e. The predicted octanol–water partition coefficient (Wildman–Crippen LogP) is 3.79. The molecule has 2 aliphatic heterocycles. The van der Waals surface area contributed by atoms with E-state index in [1.54, 1.807) is 23.9 Å². The van der Waals surface area contributed by atoms with E-state index in [1.165, 1.54) is 16.2 Å². The Kier molecular flexibility index (Phi) is 7.13. The number of carbonyl (C=O) groups is 4. The SMILES string of the molecule is O=C(O)CCCN1C(=O)C2C3CC(C2C1=O)C1C3Sc2[nH]c(=O)sc2[C@@H]1c1ccc(OCC(=O)Nc2ccccc2)cc1. The Hall–Kier alpha value is -3.90. The van der Waals surface area contributed by atoms with Crippen LogP contribution < -0.4 is 14.9 Å². The smallest absolute Gasteiger partial charge is 0.305 e. The number of amides is 3. The first-order chi connectivity index (χ1) is 20.8. The van der Waals surface area contributed by atoms with Crippen LogP contribution in [0, 0.1) is 29.6 Å². The molecule has 2 saturated carbocycles. The summed E-state index contributed by atoms with van der Waals surface area (Å²) in [5.41, 5.74) is 1.68. The van der Waals surface area contributed by atoms with Gasteiger partial charge in [0.15, 0.2) is 6.61 Å². The van der Waals surface area contributed by atoms with Crippen LogP contribution >= 0.6 is 23.1 Å². The van der Waals surface area contributed by atoms with Gasteiger partial charge < -0.3 is 20.1 Å². The first kappa shape index (κ1) is 27.9. The van der Waals surface area contributed by atoms with Gasteiger partial charge in [0.1, 0.15) is 5.75 Å². The third kappa shape index (κ3) is 4.86. The van der Waals surface area contributed by atoms with Crippen LogP contribution in [0.4, 0.5) is 5.69 Å². The van der Waals surface area contributed by atoms with Crippen molar-refractivity contribution in [3.8, 4) is 5.75 Å². The van der Waals surface area contributed by atoms with Gasteiger partial charge in [-0.25, -0.2) is 0 Å². The van der Waals surface area contributed by atoms with Gasteiger partial charge in [-0.1, -0.05) is 41.7 Å². The molecule has 3 aromatic rings. The number of aromatic nitrogens is 1. The number of thiazole rings is 1. The zero-order valence-corrected chi connectivity index (χ0v) is 24.6. The van der Waals surface area contributed by atoms with Crippen molar-refractivity contribution in [3.05, 3.63) is 74.7 Å². The summed E-state index contributed by atoms with van der Waals surface area (Å²) in [6.45, 7) is -0.0116. The zero-order valence-electron chi connectivity index (χ0n) is 22.9. The van der Waals surface area contributed by atoms with Gasteiger partial charge >= 0.3 is 10.8 Å². The zero-order chi connectivity index (χ0) is 29.8. The molecule has 2 aliphatic carbocycles. The molecule has 4 aliphatic rings. The van der Waals surface area contributed by atoms with Gasteiger partial charge in [0.25, 0.3) is 5.91 Å². The number of likely N-dealkylation sites (tertiary alicyclic amines) is 1. The van der Waals surface area contributed by atoms with Crippen molar-refractivity contribution < 1.29 is 29.0 Å². The number of nitrogens with one attached hydrogen (secondary N) is 2. The Balaban J connectivity index is 1.12. The fraction of sp³-hybridized carbons (Fsp3) is 0.387. The lowest BCUT2D eigenvalue weighted by atomic mass is 9.68. The molecular formula is C31H29N3O7S2. The average molecular weight is 620 g/mol. The molecule has 1 saturated heterocycles. The number of thioether (sulfide) groups is 1. The quantitative estimate of drug-likeness (QED) is 0.307. The highest BCUT2D eigenvalue weighted by atomic mass is 32.2. The Labute approximate surface area is 254 Å². The summed E-state index contributed by atoms with van der Waals surface area (Å²) in [7, 11) is 0. The Bertz CT molecular complexity index is 1650. The second kappa shape index (κ2) is 11.0. The van der Waals surface area contributed by atoms with Gasteiger partial charge in [0, 0.05) is 34.7 Å². The molecule has 3 fully saturated rings. The summed E-state index contributed by atoms with van der Waals surface area (Å²) in [5, 5.41) is 12.7. The standard InChI is InChI=1S/C31H29N3O7S2/c35-20(32-16-5-2-1-3-6-16)14-41-17-10-8-15(9-11-17)22-23-18-13-19(26(23)42-28-27(22)43-31(40)33-28)25-24(18)29(38)34(30(25)39)12-4-7-21(36)37/h1-3,5-6,8-11,18-19,22-26H,4,7,12-14H2,(H,32,35)(H,33,40)(H,36,37)/t18?,19?,22-,23?,24?,25?,26?/m1/s1. The van der Waals surface area contributed by atoms with Gasteiger partial charge in [-0.15, -0.1) is 11.8 Å². The van der Waals surface area contributed by atoms with Crippen LogP contribution in [0.5, 0.6) is 5.75 Å². The number of anilines is 1. The first-order valence-electron chi connectivity index (χ1n) is 14.3. The van der Waals surface area contributed by atoms with Gasteiger partial charge in [0.2, 0.25) is 11.8 Å². The van der Waals surface area contributed by atoms with E-state index in [0.717, 1.165) is 21.9 Å². The number of benzene rings is 2. The molecule has 2 bridgehead atoms. The van der Waals surface area contributed by atoms with E-state index in [1.807, 2.05) is 42.5 Å². The lowest BCUT2D eigenvalue weighted by molar-refractivity contribution is -0.142. The predicted molar refractivity (Wildman–Crippen MR) is 159 cm³/mol. The van der Waals surface area contributed by atoms with Crippen molar-refractivity contribution >= 4 is 52.5 Å². The van der Waals surface area contributed by atoms with E-state index >= 15 is 0 Å². The molecule has 7 atom stereocenters. The lowest BCUT2D eigenvalue weighted by Crippen LogP contribution is -2.42. The molecule has 10 nitrogen and oxygen atoms in total. The Morgan fingerprint density at radius 3 is 2.44 bits per heavy atom. The fourth-order valence-corrected chi connectivity index (χ4v) is 10.6. The summed E-state index contributed by atoms with van der Waals surface area (Å²) in [6.07, 6.45) is 0.936. The lowest BCUT2D eigenvalue weighted by Gasteiger charge is -2.43. The maximum Gasteiger partial charge on any atom is 0.305 e. The number of carboxylic acid groups (broad SMARTS) is 1. The largest absolute Gasteiger partial charge is 0.484 e. The number of carbonyl (C=O) groups excluding carboxylic acids is 3. The minimum atomic E-state index is -0.948. The number of para-hydroxylation sites is 1. The molecular weight excluding hydrogens is 590 g/mol. The fourth-order valence-electron chi connectivity index (χ4n) is 7.70. The second-order valence-electron chi connectivity index (χ2n) is 11.6. The summed E-state index contributed by atoms with van der Waals surface area (Å²) in [5.74, 6) is -1.89. The van der Waals surface area contributed by atoms with Crippen LogP contribution in [0.2, 0.25) is 0 Å². The van der Waals surface area contributed by atoms with Crippen LogP contribution in [-0.4, -0.2) is 57.1 Å². The van der Waals surface area contributed by atoms with Crippen LogP contribution in [0.3, 0.4) is 0 Å². The number of ether oxygens (including phenoxy) is 1. The Morgan fingerprint density at radius 2 is 1.72 bits per heavy atom. The van der Waals surface area contributed by atoms with E-state index in [0.29, 0.717) is 11.4 Å². The summed E-state index contributed by atoms with van der Waals surface area (Å²) < 4.78 is 5.74. The van der Waals surface area contributed by atoms with Crippen molar-refractivity contribution in [2.45, 2.75) is 35.5 Å². The van der Waals surface area contributed by atoms with Gasteiger partial charge in [-0.2, -0.15) is 0 Å². The second-order valence-corrected chi connectivity index (χ2v) is 13.8. The topological polar surface area (TPSA) is 146 Å². The third-order valence-corrected chi connectivity index (χ3v) is 11.8. The molecule has 2 aromatic carbocycles. The third-order valence-electron chi connectivity index (χ3n) is 9.25. The van der Waals surface area contributed by atoms with E-state index < -0.39 is 11.9 Å². The minimum absolute atomic E-state index is 0.00992. The van der Waals surface area contributed by atoms with E-state index in [4.69, 9.17) is 9.84 Å².